The number of benzene rings is 1. The van der Waals surface area contributed by atoms with Gasteiger partial charge in [0.2, 0.25) is 11.8 Å². The van der Waals surface area contributed by atoms with Crippen LogP contribution in [0.5, 0.6) is 0 Å². The molecule has 3 heterocycles. The van der Waals surface area contributed by atoms with E-state index in [2.05, 4.69) is 20.1 Å². The molecular formula is C24H29Cl2N5O2. The highest BCUT2D eigenvalue weighted by molar-refractivity contribution is 6.42. The molecule has 0 saturated carbocycles. The number of piperazine rings is 1. The highest BCUT2D eigenvalue weighted by Crippen LogP contribution is 2.26. The number of rotatable bonds is 6. The Hall–Kier alpha value is -2.35. The number of likely N-dealkylation sites (tertiary alicyclic amines) is 1. The molecule has 9 heteroatoms. The first-order valence-electron chi connectivity index (χ1n) is 11.4. The van der Waals surface area contributed by atoms with Crippen LogP contribution >= 0.6 is 23.2 Å². The van der Waals surface area contributed by atoms with Crippen LogP contribution in [-0.4, -0.2) is 71.9 Å². The number of hydrogen-bond acceptors (Lipinski definition) is 5. The topological polar surface area (TPSA) is 68.8 Å². The minimum absolute atomic E-state index is 0.0653. The zero-order valence-corrected chi connectivity index (χ0v) is 20.1. The van der Waals surface area contributed by atoms with E-state index in [9.17, 15) is 9.59 Å². The van der Waals surface area contributed by atoms with Gasteiger partial charge in [-0.05, 0) is 49.7 Å². The van der Waals surface area contributed by atoms with Crippen LogP contribution in [0.1, 0.15) is 25.7 Å². The smallest absolute Gasteiger partial charge is 0.241 e. The number of aromatic nitrogens is 1. The highest BCUT2D eigenvalue weighted by Gasteiger charge is 2.30. The van der Waals surface area contributed by atoms with Gasteiger partial charge < -0.3 is 15.1 Å². The van der Waals surface area contributed by atoms with E-state index in [4.69, 9.17) is 23.2 Å². The van der Waals surface area contributed by atoms with Gasteiger partial charge in [-0.1, -0.05) is 35.7 Å². The van der Waals surface area contributed by atoms with Gasteiger partial charge in [0.05, 0.1) is 16.1 Å². The number of carbonyl (C=O) groups is 2. The van der Waals surface area contributed by atoms with Gasteiger partial charge in [-0.3, -0.25) is 14.5 Å². The number of hydrogen-bond donors (Lipinski definition) is 1. The lowest BCUT2D eigenvalue weighted by molar-refractivity contribution is -0.133. The van der Waals surface area contributed by atoms with Crippen molar-refractivity contribution < 1.29 is 9.59 Å². The average Bonchev–Trinajstić information content (AvgIpc) is 2.85. The van der Waals surface area contributed by atoms with Gasteiger partial charge in [0.1, 0.15) is 5.82 Å². The lowest BCUT2D eigenvalue weighted by Gasteiger charge is -2.37. The van der Waals surface area contributed by atoms with Gasteiger partial charge in [0.25, 0.3) is 0 Å². The van der Waals surface area contributed by atoms with Crippen molar-refractivity contribution in [2.24, 2.45) is 0 Å². The molecule has 2 amide bonds. The summed E-state index contributed by atoms with van der Waals surface area (Å²) in [6.45, 7) is 4.34. The molecule has 2 saturated heterocycles. The van der Waals surface area contributed by atoms with Crippen molar-refractivity contribution in [1.29, 1.82) is 0 Å². The summed E-state index contributed by atoms with van der Waals surface area (Å²) >= 11 is 12.0. The molecule has 0 spiro atoms. The fourth-order valence-corrected chi connectivity index (χ4v) is 4.78. The van der Waals surface area contributed by atoms with E-state index in [0.29, 0.717) is 41.8 Å². The fourth-order valence-electron chi connectivity index (χ4n) is 4.48. The predicted molar refractivity (Wildman–Crippen MR) is 132 cm³/mol. The molecule has 1 aromatic heterocycles. The number of carbonyl (C=O) groups excluding carboxylic acids is 2. The van der Waals surface area contributed by atoms with Gasteiger partial charge in [-0.2, -0.15) is 0 Å². The van der Waals surface area contributed by atoms with E-state index in [1.807, 2.05) is 23.1 Å². The standard InChI is InChI=1S/C24H29Cl2N5O2/c25-19-8-7-18(17-20(19)26)28-24(33)21-5-2-4-11-29(21)12-9-23(32)31-15-13-30(14-16-31)22-6-1-3-10-27-22/h1,3,6-8,10,17,21H,2,4-5,9,11-16H2,(H,28,33). The van der Waals surface area contributed by atoms with Crippen LogP contribution in [-0.2, 0) is 9.59 Å². The van der Waals surface area contributed by atoms with Crippen molar-refractivity contribution in [1.82, 2.24) is 14.8 Å². The molecule has 2 aliphatic rings. The summed E-state index contributed by atoms with van der Waals surface area (Å²) in [5.41, 5.74) is 0.627. The maximum atomic E-state index is 13.0. The number of piperidine rings is 1. The number of anilines is 2. The Bertz CT molecular complexity index is 967. The molecule has 2 fully saturated rings. The van der Waals surface area contributed by atoms with Crippen LogP contribution in [0.2, 0.25) is 10.0 Å². The molecule has 7 nitrogen and oxygen atoms in total. The van der Waals surface area contributed by atoms with Crippen LogP contribution in [0.4, 0.5) is 11.5 Å². The maximum absolute atomic E-state index is 13.0. The number of nitrogens with zero attached hydrogens (tertiary/aromatic N) is 4. The Balaban J connectivity index is 1.28. The molecule has 1 unspecified atom stereocenters. The van der Waals surface area contributed by atoms with Gasteiger partial charge in [-0.25, -0.2) is 4.98 Å². The maximum Gasteiger partial charge on any atom is 0.241 e. The Morgan fingerprint density at radius 1 is 1.00 bits per heavy atom. The van der Waals surface area contributed by atoms with Gasteiger partial charge >= 0.3 is 0 Å². The quantitative estimate of drug-likeness (QED) is 0.665. The first-order chi connectivity index (χ1) is 16.0. The van der Waals surface area contributed by atoms with E-state index in [-0.39, 0.29) is 17.9 Å². The molecule has 176 valence electrons. The second-order valence-corrected chi connectivity index (χ2v) is 9.29. The summed E-state index contributed by atoms with van der Waals surface area (Å²) in [7, 11) is 0. The number of nitrogens with one attached hydrogen (secondary N) is 1. The van der Waals surface area contributed by atoms with Crippen LogP contribution in [0.25, 0.3) is 0 Å². The Morgan fingerprint density at radius 2 is 1.82 bits per heavy atom. The minimum Gasteiger partial charge on any atom is -0.353 e. The first kappa shape index (κ1) is 23.8. The number of amides is 2. The van der Waals surface area contributed by atoms with Crippen molar-refractivity contribution >= 4 is 46.5 Å². The molecule has 0 bridgehead atoms. The average molecular weight is 490 g/mol. The second kappa shape index (κ2) is 11.2. The Morgan fingerprint density at radius 3 is 2.55 bits per heavy atom. The molecular weight excluding hydrogens is 461 g/mol. The zero-order chi connectivity index (χ0) is 23.2. The lowest BCUT2D eigenvalue weighted by atomic mass is 10.0. The Kier molecular flexibility index (Phi) is 8.06. The summed E-state index contributed by atoms with van der Waals surface area (Å²) in [5.74, 6) is 1.03. The van der Waals surface area contributed by atoms with E-state index in [1.54, 1.807) is 24.4 Å². The molecule has 2 aliphatic heterocycles. The zero-order valence-electron chi connectivity index (χ0n) is 18.6. The monoisotopic (exact) mass is 489 g/mol. The predicted octanol–water partition coefficient (Wildman–Crippen LogP) is 3.92. The summed E-state index contributed by atoms with van der Waals surface area (Å²) in [6.07, 6.45) is 5.02. The summed E-state index contributed by atoms with van der Waals surface area (Å²) in [6, 6.07) is 10.7. The third-order valence-electron chi connectivity index (χ3n) is 6.32. The molecule has 4 rings (SSSR count). The Labute approximate surface area is 204 Å². The van der Waals surface area contributed by atoms with E-state index in [1.165, 1.54) is 0 Å². The number of pyridine rings is 1. The van der Waals surface area contributed by atoms with Crippen molar-refractivity contribution in [3.05, 3.63) is 52.6 Å². The molecule has 33 heavy (non-hydrogen) atoms. The minimum atomic E-state index is -0.248. The molecule has 2 aromatic rings. The van der Waals surface area contributed by atoms with E-state index < -0.39 is 0 Å². The third-order valence-corrected chi connectivity index (χ3v) is 7.06. The third kappa shape index (κ3) is 6.16. The molecule has 1 aromatic carbocycles. The molecule has 1 atom stereocenters. The van der Waals surface area contributed by atoms with Crippen LogP contribution in [0, 0.1) is 0 Å². The largest absolute Gasteiger partial charge is 0.353 e. The molecule has 1 N–H and O–H groups in total. The molecule has 0 aliphatic carbocycles. The van der Waals surface area contributed by atoms with Crippen molar-refractivity contribution in [3.63, 3.8) is 0 Å². The van der Waals surface area contributed by atoms with Gasteiger partial charge in [0, 0.05) is 51.0 Å². The van der Waals surface area contributed by atoms with Crippen LogP contribution < -0.4 is 10.2 Å². The summed E-state index contributed by atoms with van der Waals surface area (Å²) in [4.78, 5) is 36.5. The van der Waals surface area contributed by atoms with Crippen molar-refractivity contribution in [2.45, 2.75) is 31.7 Å². The second-order valence-electron chi connectivity index (χ2n) is 8.47. The molecule has 0 radical (unpaired) electrons. The fraction of sp³-hybridized carbons (Fsp3) is 0.458. The summed E-state index contributed by atoms with van der Waals surface area (Å²) < 4.78 is 0. The van der Waals surface area contributed by atoms with E-state index >= 15 is 0 Å². The van der Waals surface area contributed by atoms with Crippen molar-refractivity contribution in [3.8, 4) is 0 Å². The summed E-state index contributed by atoms with van der Waals surface area (Å²) in [5, 5.41) is 3.81. The van der Waals surface area contributed by atoms with Crippen LogP contribution in [0.3, 0.4) is 0 Å². The SMILES string of the molecule is O=C(Nc1ccc(Cl)c(Cl)c1)C1CCCCN1CCC(=O)N1CCN(c2ccccn2)CC1. The number of halogens is 2. The van der Waals surface area contributed by atoms with Crippen LogP contribution in [0.15, 0.2) is 42.6 Å². The van der Waals surface area contributed by atoms with Gasteiger partial charge in [-0.15, -0.1) is 0 Å². The van der Waals surface area contributed by atoms with Crippen molar-refractivity contribution in [2.75, 3.05) is 49.5 Å². The normalized spacial score (nSPS) is 19.4. The van der Waals surface area contributed by atoms with Gasteiger partial charge in [0.15, 0.2) is 0 Å². The lowest BCUT2D eigenvalue weighted by Crippen LogP contribution is -2.51. The van der Waals surface area contributed by atoms with E-state index in [0.717, 1.165) is 44.7 Å². The highest BCUT2D eigenvalue weighted by atomic mass is 35.5. The first-order valence-corrected chi connectivity index (χ1v) is 12.2.